The predicted molar refractivity (Wildman–Crippen MR) is 61.8 cm³/mol. The average molecular weight is 236 g/mol. The van der Waals surface area contributed by atoms with Gasteiger partial charge >= 0.3 is 5.97 Å². The highest BCUT2D eigenvalue weighted by atomic mass is 16.5. The molecule has 0 aliphatic carbocycles. The van der Waals surface area contributed by atoms with Crippen molar-refractivity contribution in [3.05, 3.63) is 29.3 Å². The number of benzene rings is 1. The Hall–Kier alpha value is -1.55. The molecule has 4 nitrogen and oxygen atoms in total. The van der Waals surface area contributed by atoms with Gasteiger partial charge in [0.2, 0.25) is 0 Å². The van der Waals surface area contributed by atoms with Gasteiger partial charge < -0.3 is 14.6 Å². The van der Waals surface area contributed by atoms with E-state index in [1.807, 2.05) is 13.8 Å². The number of esters is 1. The molecule has 0 saturated carbocycles. The lowest BCUT2D eigenvalue weighted by Crippen LogP contribution is -2.24. The SMILES string of the molecule is COC(=O)C(O)c1ccc2c(c1)CC(C)(C)O2. The molecular weight excluding hydrogens is 220 g/mol. The zero-order valence-corrected chi connectivity index (χ0v) is 10.2. The van der Waals surface area contributed by atoms with E-state index in [1.165, 1.54) is 7.11 Å². The number of hydrogen-bond acceptors (Lipinski definition) is 4. The van der Waals surface area contributed by atoms with Crippen LogP contribution in [-0.4, -0.2) is 23.8 Å². The van der Waals surface area contributed by atoms with Gasteiger partial charge in [0.25, 0.3) is 0 Å². The van der Waals surface area contributed by atoms with Gasteiger partial charge in [0.05, 0.1) is 7.11 Å². The number of carbonyl (C=O) groups excluding carboxylic acids is 1. The number of methoxy groups -OCH3 is 1. The maximum Gasteiger partial charge on any atom is 0.339 e. The molecular formula is C13H16O4. The molecule has 1 atom stereocenters. The minimum Gasteiger partial charge on any atom is -0.487 e. The van der Waals surface area contributed by atoms with Crippen molar-refractivity contribution >= 4 is 5.97 Å². The van der Waals surface area contributed by atoms with E-state index in [0.717, 1.165) is 17.7 Å². The minimum atomic E-state index is -1.23. The highest BCUT2D eigenvalue weighted by molar-refractivity contribution is 5.76. The van der Waals surface area contributed by atoms with Gasteiger partial charge in [0.1, 0.15) is 11.4 Å². The molecule has 1 aliphatic heterocycles. The van der Waals surface area contributed by atoms with Crippen LogP contribution in [0.2, 0.25) is 0 Å². The Morgan fingerprint density at radius 3 is 2.88 bits per heavy atom. The molecule has 0 spiro atoms. The Balaban J connectivity index is 2.28. The summed E-state index contributed by atoms with van der Waals surface area (Å²) >= 11 is 0. The summed E-state index contributed by atoms with van der Waals surface area (Å²) in [6.07, 6.45) is -0.460. The fourth-order valence-corrected chi connectivity index (χ4v) is 2.05. The first-order chi connectivity index (χ1) is 7.93. The Morgan fingerprint density at radius 1 is 1.53 bits per heavy atom. The van der Waals surface area contributed by atoms with Gasteiger partial charge in [-0.05, 0) is 37.1 Å². The van der Waals surface area contributed by atoms with Crippen LogP contribution in [0.15, 0.2) is 18.2 Å². The molecule has 1 aliphatic rings. The normalized spacial score (nSPS) is 18.1. The zero-order valence-electron chi connectivity index (χ0n) is 10.2. The lowest BCUT2D eigenvalue weighted by atomic mass is 9.99. The van der Waals surface area contributed by atoms with Crippen LogP contribution in [0, 0.1) is 0 Å². The molecule has 1 aromatic rings. The summed E-state index contributed by atoms with van der Waals surface area (Å²) in [6.45, 7) is 4.01. The number of aliphatic hydroxyl groups excluding tert-OH is 1. The van der Waals surface area contributed by atoms with Crippen molar-refractivity contribution < 1.29 is 19.4 Å². The molecule has 2 rings (SSSR count). The average Bonchev–Trinajstić information content (AvgIpc) is 2.59. The van der Waals surface area contributed by atoms with E-state index in [9.17, 15) is 9.90 Å². The summed E-state index contributed by atoms with van der Waals surface area (Å²) in [6, 6.07) is 5.26. The van der Waals surface area contributed by atoms with Gasteiger partial charge in [-0.15, -0.1) is 0 Å². The van der Waals surface area contributed by atoms with Gasteiger partial charge in [0.15, 0.2) is 6.10 Å². The molecule has 0 fully saturated rings. The topological polar surface area (TPSA) is 55.8 Å². The molecule has 0 saturated heterocycles. The van der Waals surface area contributed by atoms with Crippen LogP contribution < -0.4 is 4.74 Å². The minimum absolute atomic E-state index is 0.225. The van der Waals surface area contributed by atoms with Crippen LogP contribution in [0.4, 0.5) is 0 Å². The number of carbonyl (C=O) groups is 1. The number of fused-ring (bicyclic) bond motifs is 1. The summed E-state index contributed by atoms with van der Waals surface area (Å²) in [4.78, 5) is 11.2. The van der Waals surface area contributed by atoms with Crippen molar-refractivity contribution in [3.63, 3.8) is 0 Å². The Morgan fingerprint density at radius 2 is 2.24 bits per heavy atom. The van der Waals surface area contributed by atoms with Crippen LogP contribution in [-0.2, 0) is 16.0 Å². The third kappa shape index (κ3) is 2.26. The van der Waals surface area contributed by atoms with E-state index in [2.05, 4.69) is 4.74 Å². The van der Waals surface area contributed by atoms with Gasteiger partial charge in [0, 0.05) is 6.42 Å². The van der Waals surface area contributed by atoms with Crippen LogP contribution in [0.25, 0.3) is 0 Å². The van der Waals surface area contributed by atoms with Crippen LogP contribution in [0.5, 0.6) is 5.75 Å². The highest BCUT2D eigenvalue weighted by Crippen LogP contribution is 2.36. The monoisotopic (exact) mass is 236 g/mol. The zero-order chi connectivity index (χ0) is 12.6. The third-order valence-corrected chi connectivity index (χ3v) is 2.83. The Labute approximate surface area is 100 Å². The quantitative estimate of drug-likeness (QED) is 0.792. The molecule has 1 unspecified atom stereocenters. The van der Waals surface area contributed by atoms with E-state index in [0.29, 0.717) is 5.56 Å². The first-order valence-electron chi connectivity index (χ1n) is 5.51. The fourth-order valence-electron chi connectivity index (χ4n) is 2.05. The standard InChI is InChI=1S/C13H16O4/c1-13(2)7-9-6-8(4-5-10(9)17-13)11(14)12(15)16-3/h4-6,11,14H,7H2,1-3H3. The van der Waals surface area contributed by atoms with E-state index in [1.54, 1.807) is 18.2 Å². The molecule has 0 amide bonds. The van der Waals surface area contributed by atoms with E-state index in [4.69, 9.17) is 4.74 Å². The highest BCUT2D eigenvalue weighted by Gasteiger charge is 2.31. The number of aliphatic hydroxyl groups is 1. The molecule has 1 heterocycles. The second kappa shape index (κ2) is 4.04. The lowest BCUT2D eigenvalue weighted by molar-refractivity contribution is -0.150. The van der Waals surface area contributed by atoms with Crippen molar-refractivity contribution in [2.75, 3.05) is 7.11 Å². The van der Waals surface area contributed by atoms with Crippen molar-refractivity contribution in [2.45, 2.75) is 32.0 Å². The third-order valence-electron chi connectivity index (χ3n) is 2.83. The number of hydrogen-bond donors (Lipinski definition) is 1. The van der Waals surface area contributed by atoms with Gasteiger partial charge in [-0.1, -0.05) is 6.07 Å². The second-order valence-corrected chi connectivity index (χ2v) is 4.83. The summed E-state index contributed by atoms with van der Waals surface area (Å²) in [5, 5.41) is 9.74. The Bertz CT molecular complexity index is 451. The van der Waals surface area contributed by atoms with Gasteiger partial charge in [-0.25, -0.2) is 4.79 Å². The maximum absolute atomic E-state index is 11.2. The van der Waals surface area contributed by atoms with Crippen molar-refractivity contribution in [1.82, 2.24) is 0 Å². The summed E-state index contributed by atoms with van der Waals surface area (Å²) in [5.74, 6) is 0.166. The van der Waals surface area contributed by atoms with Crippen molar-refractivity contribution in [3.8, 4) is 5.75 Å². The van der Waals surface area contributed by atoms with Gasteiger partial charge in [-0.2, -0.15) is 0 Å². The molecule has 92 valence electrons. The van der Waals surface area contributed by atoms with Crippen LogP contribution in [0.1, 0.15) is 31.1 Å². The molecule has 17 heavy (non-hydrogen) atoms. The van der Waals surface area contributed by atoms with Gasteiger partial charge in [-0.3, -0.25) is 0 Å². The fraction of sp³-hybridized carbons (Fsp3) is 0.462. The largest absolute Gasteiger partial charge is 0.487 e. The van der Waals surface area contributed by atoms with Crippen LogP contribution >= 0.6 is 0 Å². The van der Waals surface area contributed by atoms with E-state index < -0.39 is 12.1 Å². The van der Waals surface area contributed by atoms with E-state index >= 15 is 0 Å². The summed E-state index contributed by atoms with van der Waals surface area (Å²) in [7, 11) is 1.26. The molecule has 0 bridgehead atoms. The summed E-state index contributed by atoms with van der Waals surface area (Å²) in [5.41, 5.74) is 1.32. The first kappa shape index (κ1) is 11.9. The number of ether oxygens (including phenoxy) is 2. The second-order valence-electron chi connectivity index (χ2n) is 4.83. The number of rotatable bonds is 2. The molecule has 1 aromatic carbocycles. The molecule has 1 N–H and O–H groups in total. The Kier molecular flexibility index (Phi) is 2.83. The predicted octanol–water partition coefficient (Wildman–Crippen LogP) is 1.61. The first-order valence-corrected chi connectivity index (χ1v) is 5.51. The molecule has 4 heteroatoms. The van der Waals surface area contributed by atoms with Crippen molar-refractivity contribution in [2.24, 2.45) is 0 Å². The summed E-state index contributed by atoms with van der Waals surface area (Å²) < 4.78 is 10.2. The molecule has 0 radical (unpaired) electrons. The van der Waals surface area contributed by atoms with E-state index in [-0.39, 0.29) is 5.60 Å². The van der Waals surface area contributed by atoms with Crippen molar-refractivity contribution in [1.29, 1.82) is 0 Å². The smallest absolute Gasteiger partial charge is 0.339 e. The molecule has 0 aromatic heterocycles. The lowest BCUT2D eigenvalue weighted by Gasteiger charge is -2.16. The van der Waals surface area contributed by atoms with Crippen LogP contribution in [0.3, 0.4) is 0 Å². The maximum atomic E-state index is 11.2.